The number of rotatable bonds is 12. The Kier molecular flexibility index (Phi) is 19.0. The monoisotopic (exact) mass is 861 g/mol. The molecule has 3 aliphatic rings. The molecule has 2 unspecified atom stereocenters. The molecule has 1 aromatic rings. The lowest BCUT2D eigenvalue weighted by Gasteiger charge is -2.50. The summed E-state index contributed by atoms with van der Waals surface area (Å²) in [6, 6.07) is 7.43. The molecule has 0 aromatic heterocycles. The van der Waals surface area contributed by atoms with E-state index in [0.29, 0.717) is 12.7 Å². The van der Waals surface area contributed by atoms with E-state index in [1.54, 1.807) is 102 Å². The van der Waals surface area contributed by atoms with E-state index in [1.807, 2.05) is 13.0 Å². The number of aliphatic hydroxyl groups is 3. The first-order chi connectivity index (χ1) is 28.9. The van der Waals surface area contributed by atoms with E-state index in [4.69, 9.17) is 37.9 Å². The Hall–Kier alpha value is -3.58. The standard InChI is InChI=1S/C45H67NO15/c1-10-34(49)59-42-29(5)56-36(25-45(42,6)53)60-39-28(4)57-44(38(51)37(39)46(7)8)61-40-31(21-22-47)23-26(2)32(48)20-16-11-13-17-27(3)55-35(50)24-33(41(40)54-9)58-43(52)30-18-14-12-15-19-30/h11-16,18-20,22,26-29,31-33,36-42,44,48,51,53H,10,17,21,23-25H2,1-9H3/b13-11+,20-16+/t26-,27-,28-,29+,31?,32+,33?,36+,37-,38-,39-,40+,41+,42+,44+,45-/m1/s1. The van der Waals surface area contributed by atoms with Crippen LogP contribution in [0.1, 0.15) is 90.4 Å². The predicted molar refractivity (Wildman–Crippen MR) is 221 cm³/mol. The summed E-state index contributed by atoms with van der Waals surface area (Å²) in [4.78, 5) is 53.5. The van der Waals surface area contributed by atoms with Gasteiger partial charge in [-0.3, -0.25) is 9.59 Å². The van der Waals surface area contributed by atoms with Crippen molar-refractivity contribution in [2.24, 2.45) is 11.8 Å². The van der Waals surface area contributed by atoms with Gasteiger partial charge >= 0.3 is 17.9 Å². The van der Waals surface area contributed by atoms with Gasteiger partial charge in [-0.1, -0.05) is 56.4 Å². The molecule has 16 atom stereocenters. The van der Waals surface area contributed by atoms with Gasteiger partial charge in [-0.2, -0.15) is 0 Å². The number of aldehydes is 1. The van der Waals surface area contributed by atoms with Crippen LogP contribution in [0, 0.1) is 11.8 Å². The fourth-order valence-electron chi connectivity index (χ4n) is 8.35. The highest BCUT2D eigenvalue weighted by Crippen LogP contribution is 2.38. The number of hydrogen-bond donors (Lipinski definition) is 3. The zero-order chi connectivity index (χ0) is 45.0. The van der Waals surface area contributed by atoms with Gasteiger partial charge in [0.2, 0.25) is 0 Å². The number of ether oxygens (including phenoxy) is 8. The molecule has 4 rings (SSSR count). The van der Waals surface area contributed by atoms with Crippen LogP contribution < -0.4 is 0 Å². The summed E-state index contributed by atoms with van der Waals surface area (Å²) in [6.45, 7) is 10.2. The normalized spacial score (nSPS) is 39.1. The number of carbonyl (C=O) groups is 4. The fourth-order valence-corrected chi connectivity index (χ4v) is 8.35. The van der Waals surface area contributed by atoms with Gasteiger partial charge in [0.1, 0.15) is 42.4 Å². The smallest absolute Gasteiger partial charge is 0.338 e. The predicted octanol–water partition coefficient (Wildman–Crippen LogP) is 3.67. The highest BCUT2D eigenvalue weighted by molar-refractivity contribution is 5.89. The van der Waals surface area contributed by atoms with E-state index in [-0.39, 0.29) is 31.2 Å². The Morgan fingerprint density at radius 1 is 0.967 bits per heavy atom. The Morgan fingerprint density at radius 2 is 1.67 bits per heavy atom. The number of hydrogen-bond acceptors (Lipinski definition) is 16. The molecule has 2 saturated heterocycles. The van der Waals surface area contributed by atoms with Crippen LogP contribution in [0.5, 0.6) is 0 Å². The molecule has 342 valence electrons. The zero-order valence-electron chi connectivity index (χ0n) is 36.9. The van der Waals surface area contributed by atoms with E-state index in [9.17, 15) is 34.5 Å². The summed E-state index contributed by atoms with van der Waals surface area (Å²) < 4.78 is 49.1. The Labute approximate surface area is 359 Å². The van der Waals surface area contributed by atoms with Crippen molar-refractivity contribution in [1.29, 1.82) is 0 Å². The number of nitrogens with zero attached hydrogens (tertiary/aromatic N) is 1. The average Bonchev–Trinajstić information content (AvgIpc) is 3.19. The summed E-state index contributed by atoms with van der Waals surface area (Å²) in [6.07, 6.45) is -4.59. The van der Waals surface area contributed by atoms with Gasteiger partial charge < -0.3 is 62.9 Å². The number of cyclic esters (lactones) is 1. The van der Waals surface area contributed by atoms with E-state index in [2.05, 4.69) is 0 Å². The van der Waals surface area contributed by atoms with Gasteiger partial charge in [0, 0.05) is 32.8 Å². The zero-order valence-corrected chi connectivity index (χ0v) is 36.9. The van der Waals surface area contributed by atoms with Crippen LogP contribution in [-0.2, 0) is 52.3 Å². The second kappa shape index (κ2) is 23.2. The van der Waals surface area contributed by atoms with Gasteiger partial charge in [0.15, 0.2) is 18.7 Å². The van der Waals surface area contributed by atoms with Crippen LogP contribution in [0.25, 0.3) is 0 Å². The van der Waals surface area contributed by atoms with Crippen molar-refractivity contribution in [2.75, 3.05) is 21.2 Å². The van der Waals surface area contributed by atoms with Crippen LogP contribution in [-0.4, -0.2) is 151 Å². The van der Waals surface area contributed by atoms with Crippen molar-refractivity contribution in [3.05, 3.63) is 60.2 Å². The third-order valence-electron chi connectivity index (χ3n) is 11.6. The molecular weight excluding hydrogens is 794 g/mol. The number of esters is 3. The molecule has 0 aliphatic carbocycles. The largest absolute Gasteiger partial charge is 0.462 e. The quantitative estimate of drug-likeness (QED) is 0.156. The molecule has 0 amide bonds. The SMILES string of the molecule is CCC(=O)O[C@H]1[C@H](C)O[C@@H](O[C@H]2[C@H](N(C)C)[C@@H](O)[C@H](O[C@H]3C(CC=O)C[C@@H](C)[C@@H](O)/C=C/C=C/C[C@@H](C)OC(=O)CC(OC(=O)c4ccccc4)[C@@H]3OC)O[C@@H]2C)C[C@@]1(C)O. The van der Waals surface area contributed by atoms with E-state index in [0.717, 1.165) is 0 Å². The van der Waals surface area contributed by atoms with E-state index >= 15 is 0 Å². The molecule has 3 N–H and O–H groups in total. The second-order valence-electron chi connectivity index (χ2n) is 16.9. The Balaban J connectivity index is 1.72. The number of methoxy groups -OCH3 is 1. The number of aliphatic hydroxyl groups excluding tert-OH is 2. The lowest BCUT2D eigenvalue weighted by atomic mass is 9.82. The van der Waals surface area contributed by atoms with Gasteiger partial charge in [-0.05, 0) is 72.2 Å². The highest BCUT2D eigenvalue weighted by atomic mass is 16.7. The van der Waals surface area contributed by atoms with Crippen LogP contribution in [0.4, 0.5) is 0 Å². The molecule has 16 nitrogen and oxygen atoms in total. The van der Waals surface area contributed by atoms with Crippen LogP contribution in [0.2, 0.25) is 0 Å². The number of benzene rings is 1. The van der Waals surface area contributed by atoms with Crippen LogP contribution in [0.15, 0.2) is 54.6 Å². The lowest BCUT2D eigenvalue weighted by molar-refractivity contribution is -0.344. The van der Waals surface area contributed by atoms with E-state index in [1.165, 1.54) is 7.11 Å². The molecular formula is C45H67NO15. The highest BCUT2D eigenvalue weighted by Gasteiger charge is 2.53. The first-order valence-corrected chi connectivity index (χ1v) is 21.2. The van der Waals surface area contributed by atoms with Crippen molar-refractivity contribution in [2.45, 2.75) is 165 Å². The summed E-state index contributed by atoms with van der Waals surface area (Å²) in [5.41, 5.74) is -1.28. The third-order valence-corrected chi connectivity index (χ3v) is 11.6. The molecule has 16 heteroatoms. The van der Waals surface area contributed by atoms with Gasteiger partial charge in [0.25, 0.3) is 0 Å². The maximum atomic E-state index is 13.6. The molecule has 2 fully saturated rings. The average molecular weight is 862 g/mol. The fraction of sp³-hybridized carbons (Fsp3) is 0.689. The minimum Gasteiger partial charge on any atom is -0.462 e. The van der Waals surface area contributed by atoms with E-state index < -0.39 is 121 Å². The summed E-state index contributed by atoms with van der Waals surface area (Å²) >= 11 is 0. The first-order valence-electron chi connectivity index (χ1n) is 21.2. The number of likely N-dealkylation sites (N-methyl/N-ethyl adjacent to an activating group) is 1. The van der Waals surface area contributed by atoms with Gasteiger partial charge in [-0.15, -0.1) is 0 Å². The maximum absolute atomic E-state index is 13.6. The van der Waals surface area contributed by atoms with Gasteiger partial charge in [0.05, 0.1) is 42.4 Å². The third kappa shape index (κ3) is 13.7. The topological polar surface area (TPSA) is 206 Å². The maximum Gasteiger partial charge on any atom is 0.338 e. The molecule has 61 heavy (non-hydrogen) atoms. The summed E-state index contributed by atoms with van der Waals surface area (Å²) in [7, 11) is 4.86. The Bertz CT molecular complexity index is 1620. The van der Waals surface area contributed by atoms with Crippen molar-refractivity contribution in [3.63, 3.8) is 0 Å². The molecule has 0 spiro atoms. The van der Waals surface area contributed by atoms with Crippen molar-refractivity contribution in [3.8, 4) is 0 Å². The summed E-state index contributed by atoms with van der Waals surface area (Å²) in [5.74, 6) is -3.05. The second-order valence-corrected chi connectivity index (χ2v) is 16.9. The number of carbonyl (C=O) groups excluding carboxylic acids is 4. The lowest BCUT2D eigenvalue weighted by Crippen LogP contribution is -2.66. The number of allylic oxidation sites excluding steroid dienone is 2. The van der Waals surface area contributed by atoms with Crippen molar-refractivity contribution < 1.29 is 72.4 Å². The molecule has 3 aliphatic heterocycles. The minimum atomic E-state index is -1.50. The molecule has 0 saturated carbocycles. The van der Waals surface area contributed by atoms with Crippen molar-refractivity contribution in [1.82, 2.24) is 4.90 Å². The van der Waals surface area contributed by atoms with Crippen LogP contribution in [0.3, 0.4) is 0 Å². The first kappa shape index (κ1) is 50.1. The van der Waals surface area contributed by atoms with Crippen LogP contribution >= 0.6 is 0 Å². The minimum absolute atomic E-state index is 0.0524. The molecule has 0 bridgehead atoms. The Morgan fingerprint density at radius 3 is 2.30 bits per heavy atom. The molecule has 3 heterocycles. The van der Waals surface area contributed by atoms with Crippen molar-refractivity contribution >= 4 is 24.2 Å². The van der Waals surface area contributed by atoms with Gasteiger partial charge in [-0.25, -0.2) is 4.79 Å². The molecule has 0 radical (unpaired) electrons. The molecule has 1 aromatic carbocycles. The summed E-state index contributed by atoms with van der Waals surface area (Å²) in [5, 5.41) is 34.7.